The number of fused-ring (bicyclic) bond motifs is 1. The van der Waals surface area contributed by atoms with Gasteiger partial charge in [-0.05, 0) is 23.8 Å². The maximum Gasteiger partial charge on any atom is 0.160 e. The predicted octanol–water partition coefficient (Wildman–Crippen LogP) is 3.16. The molecule has 5 heteroatoms. The van der Waals surface area contributed by atoms with E-state index in [1.54, 1.807) is 7.11 Å². The van der Waals surface area contributed by atoms with Crippen LogP contribution in [0.25, 0.3) is 10.9 Å². The number of methoxy groups -OCH3 is 1. The van der Waals surface area contributed by atoms with Crippen molar-refractivity contribution in [3.63, 3.8) is 0 Å². The molecule has 0 aliphatic rings. The summed E-state index contributed by atoms with van der Waals surface area (Å²) >= 11 is 0. The molecule has 0 bridgehead atoms. The minimum atomic E-state index is -0.715. The monoisotopic (exact) mass is 297 g/mol. The Bertz CT molecular complexity index is 790. The van der Waals surface area contributed by atoms with Gasteiger partial charge in [0, 0.05) is 5.39 Å². The van der Waals surface area contributed by atoms with Crippen molar-refractivity contribution in [3.8, 4) is 5.75 Å². The highest BCUT2D eigenvalue weighted by molar-refractivity contribution is 5.81. The Balaban J connectivity index is 2.10. The summed E-state index contributed by atoms with van der Waals surface area (Å²) in [4.78, 5) is 8.49. The molecule has 2 N–H and O–H groups in total. The van der Waals surface area contributed by atoms with Crippen LogP contribution in [0.15, 0.2) is 48.5 Å². The fourth-order valence-electron chi connectivity index (χ4n) is 2.42. The largest absolute Gasteiger partial charge is 0.497 e. The van der Waals surface area contributed by atoms with Gasteiger partial charge >= 0.3 is 0 Å². The lowest BCUT2D eigenvalue weighted by Crippen LogP contribution is -2.15. The molecule has 0 spiro atoms. The first-order valence-corrected chi connectivity index (χ1v) is 6.94. The maximum absolute atomic E-state index is 13.0. The molecule has 0 radical (unpaired) electrons. The van der Waals surface area contributed by atoms with Gasteiger partial charge in [-0.2, -0.15) is 0 Å². The standard InChI is InChI=1S/C17H16FN3O/c1-22-12-8-6-11(7-9-12)16(19)17-13-4-2-3-5-14(13)20-15(10-18)21-17/h2-9,16H,10,19H2,1H3. The fraction of sp³-hybridized carbons (Fsp3) is 0.176. The van der Waals surface area contributed by atoms with E-state index < -0.39 is 12.7 Å². The third kappa shape index (κ3) is 2.63. The lowest BCUT2D eigenvalue weighted by atomic mass is 10.0. The highest BCUT2D eigenvalue weighted by Gasteiger charge is 2.16. The molecule has 4 nitrogen and oxygen atoms in total. The van der Waals surface area contributed by atoms with E-state index in [1.807, 2.05) is 48.5 Å². The lowest BCUT2D eigenvalue weighted by Gasteiger charge is -2.15. The zero-order chi connectivity index (χ0) is 15.5. The van der Waals surface area contributed by atoms with Gasteiger partial charge in [-0.3, -0.25) is 0 Å². The van der Waals surface area contributed by atoms with Crippen LogP contribution in [0.4, 0.5) is 4.39 Å². The molecule has 0 saturated heterocycles. The van der Waals surface area contributed by atoms with Crippen LogP contribution in [0.3, 0.4) is 0 Å². The summed E-state index contributed by atoms with van der Waals surface area (Å²) in [6.45, 7) is -0.715. The van der Waals surface area contributed by atoms with Crippen LogP contribution < -0.4 is 10.5 Å². The Hall–Kier alpha value is -2.53. The Labute approximate surface area is 127 Å². The van der Waals surface area contributed by atoms with Crippen molar-refractivity contribution < 1.29 is 9.13 Å². The van der Waals surface area contributed by atoms with E-state index in [1.165, 1.54) is 0 Å². The zero-order valence-electron chi connectivity index (χ0n) is 12.2. The summed E-state index contributed by atoms with van der Waals surface area (Å²) < 4.78 is 18.2. The van der Waals surface area contributed by atoms with Crippen LogP contribution in [0.2, 0.25) is 0 Å². The SMILES string of the molecule is COc1ccc(C(N)c2nc(CF)nc3ccccc23)cc1. The van der Waals surface area contributed by atoms with Crippen molar-refractivity contribution in [2.24, 2.45) is 5.73 Å². The molecule has 2 aromatic carbocycles. The highest BCUT2D eigenvalue weighted by atomic mass is 19.1. The van der Waals surface area contributed by atoms with E-state index in [0.29, 0.717) is 11.2 Å². The quantitative estimate of drug-likeness (QED) is 0.803. The van der Waals surface area contributed by atoms with Crippen molar-refractivity contribution in [1.82, 2.24) is 9.97 Å². The van der Waals surface area contributed by atoms with Gasteiger partial charge in [0.25, 0.3) is 0 Å². The van der Waals surface area contributed by atoms with Crippen molar-refractivity contribution in [2.45, 2.75) is 12.7 Å². The van der Waals surface area contributed by atoms with E-state index >= 15 is 0 Å². The number of benzene rings is 2. The number of para-hydroxylation sites is 1. The zero-order valence-corrected chi connectivity index (χ0v) is 12.2. The summed E-state index contributed by atoms with van der Waals surface area (Å²) in [6.07, 6.45) is 0. The number of halogens is 1. The number of rotatable bonds is 4. The van der Waals surface area contributed by atoms with Crippen LogP contribution >= 0.6 is 0 Å². The second-order valence-electron chi connectivity index (χ2n) is 4.93. The third-order valence-electron chi connectivity index (χ3n) is 3.57. The fourth-order valence-corrected chi connectivity index (χ4v) is 2.42. The Morgan fingerprint density at radius 2 is 1.82 bits per heavy atom. The molecule has 112 valence electrons. The normalized spacial score (nSPS) is 12.3. The average Bonchev–Trinajstić information content (AvgIpc) is 2.60. The predicted molar refractivity (Wildman–Crippen MR) is 83.4 cm³/mol. The molecule has 1 atom stereocenters. The maximum atomic E-state index is 13.0. The first kappa shape index (κ1) is 14.4. The second-order valence-corrected chi connectivity index (χ2v) is 4.93. The minimum absolute atomic E-state index is 0.151. The van der Waals surface area contributed by atoms with Crippen molar-refractivity contribution in [2.75, 3.05) is 7.11 Å². The number of alkyl halides is 1. The molecule has 3 rings (SSSR count). The molecule has 0 aliphatic carbocycles. The minimum Gasteiger partial charge on any atom is -0.497 e. The van der Waals surface area contributed by atoms with Crippen molar-refractivity contribution >= 4 is 10.9 Å². The van der Waals surface area contributed by atoms with Gasteiger partial charge in [-0.15, -0.1) is 0 Å². The summed E-state index contributed by atoms with van der Waals surface area (Å²) in [7, 11) is 1.61. The van der Waals surface area contributed by atoms with Gasteiger partial charge in [-0.25, -0.2) is 14.4 Å². The molecule has 22 heavy (non-hydrogen) atoms. The third-order valence-corrected chi connectivity index (χ3v) is 3.57. The molecule has 3 aromatic rings. The summed E-state index contributed by atoms with van der Waals surface area (Å²) in [5, 5.41) is 0.836. The molecule has 1 aromatic heterocycles. The van der Waals surface area contributed by atoms with Gasteiger partial charge < -0.3 is 10.5 Å². The topological polar surface area (TPSA) is 61.0 Å². The number of nitrogens with two attached hydrogens (primary N) is 1. The molecule has 0 amide bonds. The highest BCUT2D eigenvalue weighted by Crippen LogP contribution is 2.26. The van der Waals surface area contributed by atoms with Crippen LogP contribution in [0, 0.1) is 0 Å². The van der Waals surface area contributed by atoms with E-state index in [2.05, 4.69) is 9.97 Å². The summed E-state index contributed by atoms with van der Waals surface area (Å²) in [5.74, 6) is 0.908. The van der Waals surface area contributed by atoms with Crippen molar-refractivity contribution in [1.29, 1.82) is 0 Å². The lowest BCUT2D eigenvalue weighted by molar-refractivity contribution is 0.414. The van der Waals surface area contributed by atoms with Gasteiger partial charge in [0.1, 0.15) is 12.4 Å². The molecule has 1 unspecified atom stereocenters. The number of aromatic nitrogens is 2. The molecular formula is C17H16FN3O. The Morgan fingerprint density at radius 3 is 2.50 bits per heavy atom. The number of ether oxygens (including phenoxy) is 1. The molecule has 1 heterocycles. The molecule has 0 saturated carbocycles. The van der Waals surface area contributed by atoms with Gasteiger partial charge in [0.2, 0.25) is 0 Å². The van der Waals surface area contributed by atoms with Gasteiger partial charge in [-0.1, -0.05) is 30.3 Å². The van der Waals surface area contributed by atoms with E-state index in [0.717, 1.165) is 16.7 Å². The second kappa shape index (κ2) is 6.07. The van der Waals surface area contributed by atoms with Gasteiger partial charge in [0.05, 0.1) is 24.4 Å². The summed E-state index contributed by atoms with van der Waals surface area (Å²) in [6, 6.07) is 14.5. The summed E-state index contributed by atoms with van der Waals surface area (Å²) in [5.41, 5.74) is 8.55. The van der Waals surface area contributed by atoms with Crippen LogP contribution in [0.1, 0.15) is 23.1 Å². The number of hydrogen-bond donors (Lipinski definition) is 1. The number of hydrogen-bond acceptors (Lipinski definition) is 4. The van der Waals surface area contributed by atoms with Crippen LogP contribution in [-0.2, 0) is 6.67 Å². The van der Waals surface area contributed by atoms with Crippen molar-refractivity contribution in [3.05, 3.63) is 65.6 Å². The van der Waals surface area contributed by atoms with E-state index in [9.17, 15) is 4.39 Å². The Morgan fingerprint density at radius 1 is 1.09 bits per heavy atom. The number of nitrogens with zero attached hydrogens (tertiary/aromatic N) is 2. The first-order chi connectivity index (χ1) is 10.7. The van der Waals surface area contributed by atoms with E-state index in [4.69, 9.17) is 10.5 Å². The first-order valence-electron chi connectivity index (χ1n) is 6.94. The molecule has 0 aliphatic heterocycles. The molecular weight excluding hydrogens is 281 g/mol. The van der Waals surface area contributed by atoms with Crippen LogP contribution in [-0.4, -0.2) is 17.1 Å². The molecule has 0 fully saturated rings. The van der Waals surface area contributed by atoms with Crippen LogP contribution in [0.5, 0.6) is 5.75 Å². The smallest absolute Gasteiger partial charge is 0.160 e. The average molecular weight is 297 g/mol. The van der Waals surface area contributed by atoms with Gasteiger partial charge in [0.15, 0.2) is 5.82 Å². The Kier molecular flexibility index (Phi) is 3.98. The van der Waals surface area contributed by atoms with E-state index in [-0.39, 0.29) is 5.82 Å².